The number of aromatic amines is 1. The van der Waals surface area contributed by atoms with Crippen molar-refractivity contribution in [2.45, 2.75) is 33.7 Å². The van der Waals surface area contributed by atoms with Crippen LogP contribution in [0.25, 0.3) is 22.2 Å². The van der Waals surface area contributed by atoms with Crippen molar-refractivity contribution >= 4 is 51.9 Å². The van der Waals surface area contributed by atoms with E-state index < -0.39 is 0 Å². The smallest absolute Gasteiger partial charge is 0.295 e. The number of fused-ring (bicyclic) bond motifs is 3. The van der Waals surface area contributed by atoms with E-state index >= 15 is 0 Å². The topological polar surface area (TPSA) is 120 Å². The monoisotopic (exact) mass is 532 g/mol. The Bertz CT molecular complexity index is 1500. The van der Waals surface area contributed by atoms with Crippen molar-refractivity contribution in [1.82, 2.24) is 15.0 Å². The van der Waals surface area contributed by atoms with Crippen molar-refractivity contribution < 1.29 is 14.1 Å². The summed E-state index contributed by atoms with van der Waals surface area (Å²) in [7, 11) is 0. The van der Waals surface area contributed by atoms with Crippen LogP contribution in [0.5, 0.6) is 0 Å². The average Bonchev–Trinajstić information content (AvgIpc) is 3.31. The summed E-state index contributed by atoms with van der Waals surface area (Å²) in [5.74, 6) is -0.249. The number of H-pyrrole nitrogens is 1. The van der Waals surface area contributed by atoms with Crippen LogP contribution in [-0.2, 0) is 16.1 Å². The summed E-state index contributed by atoms with van der Waals surface area (Å²) >= 11 is 4.95. The molecule has 1 aliphatic rings. The van der Waals surface area contributed by atoms with E-state index in [2.05, 4.69) is 41.1 Å². The predicted molar refractivity (Wildman–Crippen MR) is 153 cm³/mol. The van der Waals surface area contributed by atoms with Crippen LogP contribution in [0.15, 0.2) is 59.1 Å². The highest BCUT2D eigenvalue weighted by atomic mass is 32.1. The SMILES string of the molecule is CCN(CC)CC.NCc1ccc2ccc3c(c2c1)NC(=O)CC(=O)N3c1cccc(-c2noc(=S)[nH]2)c1. The van der Waals surface area contributed by atoms with Gasteiger partial charge in [0.1, 0.15) is 6.42 Å². The molecule has 198 valence electrons. The minimum Gasteiger partial charge on any atom is -0.326 e. The molecule has 38 heavy (non-hydrogen) atoms. The van der Waals surface area contributed by atoms with E-state index in [9.17, 15) is 9.59 Å². The van der Waals surface area contributed by atoms with Gasteiger partial charge in [0.25, 0.3) is 4.84 Å². The Morgan fingerprint density at radius 1 is 1.05 bits per heavy atom. The molecule has 3 aromatic carbocycles. The minimum atomic E-state index is -0.365. The summed E-state index contributed by atoms with van der Waals surface area (Å²) in [5.41, 5.74) is 9.20. The first kappa shape index (κ1) is 27.2. The van der Waals surface area contributed by atoms with E-state index in [0.717, 1.165) is 16.3 Å². The zero-order valence-electron chi connectivity index (χ0n) is 21.8. The van der Waals surface area contributed by atoms with Crippen LogP contribution >= 0.6 is 12.2 Å². The number of carbonyl (C=O) groups is 2. The van der Waals surface area contributed by atoms with E-state index in [4.69, 9.17) is 22.5 Å². The average molecular weight is 533 g/mol. The largest absolute Gasteiger partial charge is 0.326 e. The summed E-state index contributed by atoms with van der Waals surface area (Å²) in [5, 5.41) is 8.58. The van der Waals surface area contributed by atoms with Gasteiger partial charge in [-0.05, 0) is 67.1 Å². The normalized spacial score (nSPS) is 13.1. The predicted octanol–water partition coefficient (Wildman–Crippen LogP) is 5.37. The van der Waals surface area contributed by atoms with Gasteiger partial charge in [0.2, 0.25) is 11.8 Å². The van der Waals surface area contributed by atoms with Gasteiger partial charge >= 0.3 is 0 Å². The molecular weight excluding hydrogens is 500 g/mol. The molecule has 0 aliphatic carbocycles. The number of hydrogen-bond acceptors (Lipinski definition) is 7. The number of benzene rings is 3. The minimum absolute atomic E-state index is 0.161. The summed E-state index contributed by atoms with van der Waals surface area (Å²) < 4.78 is 4.95. The molecule has 0 atom stereocenters. The molecular formula is C28H32N6O3S. The number of anilines is 3. The molecule has 10 heteroatoms. The van der Waals surface area contributed by atoms with Crippen LogP contribution in [0.1, 0.15) is 32.8 Å². The second-order valence-electron chi connectivity index (χ2n) is 8.79. The van der Waals surface area contributed by atoms with Gasteiger partial charge < -0.3 is 20.5 Å². The van der Waals surface area contributed by atoms with Crippen LogP contribution in [0.2, 0.25) is 0 Å². The third-order valence-electron chi connectivity index (χ3n) is 6.53. The fourth-order valence-corrected chi connectivity index (χ4v) is 4.57. The summed E-state index contributed by atoms with van der Waals surface area (Å²) in [4.78, 5) is 32.5. The lowest BCUT2D eigenvalue weighted by Crippen LogP contribution is -2.26. The van der Waals surface area contributed by atoms with Crippen LogP contribution in [0, 0.1) is 4.84 Å². The quantitative estimate of drug-likeness (QED) is 0.226. The van der Waals surface area contributed by atoms with Crippen molar-refractivity contribution in [1.29, 1.82) is 0 Å². The highest BCUT2D eigenvalue weighted by Crippen LogP contribution is 2.40. The Balaban J connectivity index is 0.000000426. The van der Waals surface area contributed by atoms with Crippen molar-refractivity contribution in [2.75, 3.05) is 29.9 Å². The van der Waals surface area contributed by atoms with Gasteiger partial charge in [-0.25, -0.2) is 0 Å². The molecule has 2 heterocycles. The van der Waals surface area contributed by atoms with Gasteiger partial charge in [-0.3, -0.25) is 19.5 Å². The highest BCUT2D eigenvalue weighted by Gasteiger charge is 2.29. The van der Waals surface area contributed by atoms with E-state index in [1.165, 1.54) is 19.6 Å². The number of aromatic nitrogens is 2. The second kappa shape index (κ2) is 12.1. The molecule has 4 N–H and O–H groups in total. The van der Waals surface area contributed by atoms with Gasteiger partial charge in [0, 0.05) is 23.2 Å². The Morgan fingerprint density at radius 2 is 1.79 bits per heavy atom. The molecule has 1 aliphatic heterocycles. The first-order valence-corrected chi connectivity index (χ1v) is 13.1. The second-order valence-corrected chi connectivity index (χ2v) is 9.16. The van der Waals surface area contributed by atoms with Crippen molar-refractivity contribution in [3.05, 3.63) is 65.0 Å². The summed E-state index contributed by atoms with van der Waals surface area (Å²) in [6, 6.07) is 16.8. The van der Waals surface area contributed by atoms with Gasteiger partial charge in [-0.2, -0.15) is 0 Å². The highest BCUT2D eigenvalue weighted by molar-refractivity contribution is 7.71. The molecule has 0 bridgehead atoms. The Hall–Kier alpha value is -3.86. The molecule has 2 amide bonds. The van der Waals surface area contributed by atoms with E-state index in [1.54, 1.807) is 23.1 Å². The standard InChI is InChI=1S/C22H17N5O3S.C6H15N/c23-11-12-4-5-13-6-7-17-20(16(13)8-12)24-18(28)10-19(29)27(17)15-3-1-2-14(9-15)21-25-22(31)30-26-21;1-4-7(5-2)6-3/h1-9H,10-11,23H2,(H,24,28)(H,25,26,31);4-6H2,1-3H3. The lowest BCUT2D eigenvalue weighted by molar-refractivity contribution is -0.124. The third kappa shape index (κ3) is 5.83. The maximum Gasteiger partial charge on any atom is 0.295 e. The van der Waals surface area contributed by atoms with Crippen molar-refractivity contribution in [3.8, 4) is 11.4 Å². The number of rotatable bonds is 6. The van der Waals surface area contributed by atoms with E-state index in [0.29, 0.717) is 35.0 Å². The van der Waals surface area contributed by atoms with Crippen LogP contribution in [0.3, 0.4) is 0 Å². The molecule has 1 aromatic heterocycles. The van der Waals surface area contributed by atoms with Crippen molar-refractivity contribution in [2.24, 2.45) is 5.73 Å². The van der Waals surface area contributed by atoms with E-state index in [1.807, 2.05) is 36.4 Å². The number of nitrogens with two attached hydrogens (primary N) is 1. The Kier molecular flexibility index (Phi) is 8.67. The maximum absolute atomic E-state index is 13.1. The Morgan fingerprint density at radius 3 is 2.42 bits per heavy atom. The molecule has 5 rings (SSSR count). The number of nitrogens with one attached hydrogen (secondary N) is 2. The molecule has 0 fully saturated rings. The lowest BCUT2D eigenvalue weighted by atomic mass is 10.0. The molecule has 0 spiro atoms. The number of nitrogens with zero attached hydrogens (tertiary/aromatic N) is 3. The van der Waals surface area contributed by atoms with Gasteiger partial charge in [0.05, 0.1) is 11.4 Å². The first-order valence-electron chi connectivity index (χ1n) is 12.7. The van der Waals surface area contributed by atoms with Crippen LogP contribution in [0.4, 0.5) is 17.1 Å². The summed E-state index contributed by atoms with van der Waals surface area (Å²) in [6.07, 6.45) is -0.274. The van der Waals surface area contributed by atoms with Gasteiger partial charge in [-0.15, -0.1) is 0 Å². The molecule has 0 saturated carbocycles. The molecule has 4 aromatic rings. The van der Waals surface area contributed by atoms with Crippen molar-refractivity contribution in [3.63, 3.8) is 0 Å². The first-order chi connectivity index (χ1) is 18.4. The number of hydrogen-bond donors (Lipinski definition) is 3. The molecule has 9 nitrogen and oxygen atoms in total. The zero-order chi connectivity index (χ0) is 27.2. The third-order valence-corrected chi connectivity index (χ3v) is 6.70. The maximum atomic E-state index is 13.1. The number of amides is 2. The van der Waals surface area contributed by atoms with Crippen LogP contribution < -0.4 is 16.0 Å². The number of carbonyl (C=O) groups excluding carboxylic acids is 2. The van der Waals surface area contributed by atoms with Crippen LogP contribution in [-0.4, -0.2) is 46.5 Å². The fraction of sp³-hybridized carbons (Fsp3) is 0.286. The Labute approximate surface area is 226 Å². The van der Waals surface area contributed by atoms with Gasteiger partial charge in [-0.1, -0.05) is 56.3 Å². The lowest BCUT2D eigenvalue weighted by Gasteiger charge is -2.24. The fourth-order valence-electron chi connectivity index (χ4n) is 4.43. The van der Waals surface area contributed by atoms with E-state index in [-0.39, 0.29) is 23.1 Å². The molecule has 0 saturated heterocycles. The van der Waals surface area contributed by atoms with Gasteiger partial charge in [0.15, 0.2) is 5.82 Å². The summed E-state index contributed by atoms with van der Waals surface area (Å²) in [6.45, 7) is 10.5. The molecule has 0 radical (unpaired) electrons. The molecule has 0 unspecified atom stereocenters. The zero-order valence-corrected chi connectivity index (χ0v) is 22.6.